The van der Waals surface area contributed by atoms with Crippen LogP contribution in [-0.2, 0) is 0 Å². The summed E-state index contributed by atoms with van der Waals surface area (Å²) in [5.74, 6) is 0. The second-order valence-electron chi connectivity index (χ2n) is 2.72. The van der Waals surface area contributed by atoms with Gasteiger partial charge < -0.3 is 16.6 Å². The summed E-state index contributed by atoms with van der Waals surface area (Å²) in [4.78, 5) is 0. The number of para-hydroxylation sites is 2. The zero-order valence-electron chi connectivity index (χ0n) is 7.49. The summed E-state index contributed by atoms with van der Waals surface area (Å²) < 4.78 is 0. The maximum Gasteiger partial charge on any atom is 0.0547 e. The molecule has 0 atom stereocenters. The van der Waals surface area contributed by atoms with Crippen molar-refractivity contribution in [3.63, 3.8) is 0 Å². The number of anilines is 2. The smallest absolute Gasteiger partial charge is 0.0547 e. The van der Waals surface area contributed by atoms with E-state index in [1.807, 2.05) is 12.1 Å². The van der Waals surface area contributed by atoms with E-state index in [-0.39, 0.29) is 6.10 Å². The topological polar surface area (TPSA) is 72.3 Å². The Bertz CT molecular complexity index is 200. The van der Waals surface area contributed by atoms with Gasteiger partial charge in [-0.3, -0.25) is 0 Å². The molecule has 3 nitrogen and oxygen atoms in total. The van der Waals surface area contributed by atoms with E-state index >= 15 is 0 Å². The standard InChI is InChI=1S/C6H8N2.C3H8O/c7-5-3-1-2-4-6(5)8;1-3(2)4/h1-4H,7-8H2;3-4H,1-2H3. The lowest BCUT2D eigenvalue weighted by atomic mass is 10.3. The lowest BCUT2D eigenvalue weighted by Gasteiger charge is -1.94. The van der Waals surface area contributed by atoms with Crippen LogP contribution in [0.25, 0.3) is 0 Å². The molecule has 0 aliphatic rings. The number of rotatable bonds is 0. The first-order valence-electron chi connectivity index (χ1n) is 3.82. The highest BCUT2D eigenvalue weighted by molar-refractivity contribution is 5.62. The number of aliphatic hydroxyl groups excluding tert-OH is 1. The Morgan fingerprint density at radius 2 is 1.33 bits per heavy atom. The Morgan fingerprint density at radius 3 is 1.50 bits per heavy atom. The third-order valence-corrected chi connectivity index (χ3v) is 0.996. The molecular formula is C9H16N2O. The molecule has 0 fully saturated rings. The van der Waals surface area contributed by atoms with Crippen LogP contribution in [0.3, 0.4) is 0 Å². The highest BCUT2D eigenvalue weighted by Gasteiger charge is 1.85. The van der Waals surface area contributed by atoms with Gasteiger partial charge in [0.1, 0.15) is 0 Å². The predicted octanol–water partition coefficient (Wildman–Crippen LogP) is 1.24. The van der Waals surface area contributed by atoms with Crippen molar-refractivity contribution in [2.45, 2.75) is 20.0 Å². The largest absolute Gasteiger partial charge is 0.397 e. The molecule has 0 saturated carbocycles. The van der Waals surface area contributed by atoms with E-state index in [1.165, 1.54) is 0 Å². The van der Waals surface area contributed by atoms with Gasteiger partial charge in [-0.25, -0.2) is 0 Å². The lowest BCUT2D eigenvalue weighted by molar-refractivity contribution is 0.216. The number of aliphatic hydroxyl groups is 1. The molecular weight excluding hydrogens is 152 g/mol. The van der Waals surface area contributed by atoms with E-state index in [2.05, 4.69) is 0 Å². The Balaban J connectivity index is 0.000000261. The summed E-state index contributed by atoms with van der Waals surface area (Å²) in [6, 6.07) is 7.25. The molecule has 0 heterocycles. The van der Waals surface area contributed by atoms with Crippen LogP contribution >= 0.6 is 0 Å². The Hall–Kier alpha value is -1.22. The second-order valence-corrected chi connectivity index (χ2v) is 2.72. The maximum absolute atomic E-state index is 8.06. The third kappa shape index (κ3) is 5.56. The van der Waals surface area contributed by atoms with E-state index in [1.54, 1.807) is 26.0 Å². The maximum atomic E-state index is 8.06. The van der Waals surface area contributed by atoms with Gasteiger partial charge in [0.15, 0.2) is 0 Å². The van der Waals surface area contributed by atoms with Crippen molar-refractivity contribution in [2.24, 2.45) is 0 Å². The molecule has 3 heteroatoms. The molecule has 0 aliphatic heterocycles. The van der Waals surface area contributed by atoms with Gasteiger partial charge in [0.2, 0.25) is 0 Å². The number of nitrogen functional groups attached to an aromatic ring is 2. The Morgan fingerprint density at radius 1 is 1.08 bits per heavy atom. The second kappa shape index (κ2) is 5.43. The van der Waals surface area contributed by atoms with Crippen molar-refractivity contribution in [3.8, 4) is 0 Å². The monoisotopic (exact) mass is 168 g/mol. The molecule has 12 heavy (non-hydrogen) atoms. The van der Waals surface area contributed by atoms with Gasteiger partial charge in [-0.1, -0.05) is 12.1 Å². The molecule has 1 aromatic carbocycles. The Labute approximate surface area is 73.0 Å². The van der Waals surface area contributed by atoms with Crippen LogP contribution in [0.2, 0.25) is 0 Å². The summed E-state index contributed by atoms with van der Waals surface area (Å²) >= 11 is 0. The van der Waals surface area contributed by atoms with Crippen LogP contribution in [0.4, 0.5) is 11.4 Å². The van der Waals surface area contributed by atoms with Gasteiger partial charge in [0.05, 0.1) is 11.4 Å². The van der Waals surface area contributed by atoms with E-state index in [0.29, 0.717) is 11.4 Å². The fraction of sp³-hybridized carbons (Fsp3) is 0.333. The quantitative estimate of drug-likeness (QED) is 0.510. The lowest BCUT2D eigenvalue weighted by Crippen LogP contribution is -1.91. The zero-order chi connectivity index (χ0) is 9.56. The highest BCUT2D eigenvalue weighted by Crippen LogP contribution is 2.10. The van der Waals surface area contributed by atoms with Crippen LogP contribution in [0.5, 0.6) is 0 Å². The van der Waals surface area contributed by atoms with Crippen molar-refractivity contribution >= 4 is 11.4 Å². The highest BCUT2D eigenvalue weighted by atomic mass is 16.3. The van der Waals surface area contributed by atoms with Crippen molar-refractivity contribution in [2.75, 3.05) is 11.5 Å². The molecule has 68 valence electrons. The van der Waals surface area contributed by atoms with Crippen molar-refractivity contribution in [1.29, 1.82) is 0 Å². The molecule has 0 aromatic heterocycles. The van der Waals surface area contributed by atoms with Gasteiger partial charge in [0.25, 0.3) is 0 Å². The van der Waals surface area contributed by atoms with E-state index in [9.17, 15) is 0 Å². The van der Waals surface area contributed by atoms with Gasteiger partial charge in [0, 0.05) is 6.10 Å². The normalized spacial score (nSPS) is 9.00. The van der Waals surface area contributed by atoms with E-state index in [0.717, 1.165) is 0 Å². The summed E-state index contributed by atoms with van der Waals surface area (Å²) in [5, 5.41) is 8.06. The average molecular weight is 168 g/mol. The molecule has 0 amide bonds. The average Bonchev–Trinajstić information content (AvgIpc) is 1.94. The molecule has 5 N–H and O–H groups in total. The predicted molar refractivity (Wildman–Crippen MR) is 52.6 cm³/mol. The van der Waals surface area contributed by atoms with Crippen molar-refractivity contribution in [3.05, 3.63) is 24.3 Å². The van der Waals surface area contributed by atoms with Crippen LogP contribution < -0.4 is 11.5 Å². The summed E-state index contributed by atoms with van der Waals surface area (Å²) in [6.45, 7) is 3.44. The van der Waals surface area contributed by atoms with Crippen LogP contribution in [0, 0.1) is 0 Å². The summed E-state index contributed by atoms with van der Waals surface area (Å²) in [5.41, 5.74) is 12.1. The van der Waals surface area contributed by atoms with Crippen LogP contribution in [0.1, 0.15) is 13.8 Å². The minimum absolute atomic E-state index is 0.167. The van der Waals surface area contributed by atoms with Gasteiger partial charge >= 0.3 is 0 Å². The summed E-state index contributed by atoms with van der Waals surface area (Å²) in [7, 11) is 0. The van der Waals surface area contributed by atoms with Crippen molar-refractivity contribution in [1.82, 2.24) is 0 Å². The minimum Gasteiger partial charge on any atom is -0.397 e. The zero-order valence-corrected chi connectivity index (χ0v) is 7.49. The number of hydrogen-bond donors (Lipinski definition) is 3. The number of nitrogens with two attached hydrogens (primary N) is 2. The van der Waals surface area contributed by atoms with Gasteiger partial charge in [-0.2, -0.15) is 0 Å². The SMILES string of the molecule is CC(C)O.Nc1ccccc1N. The first-order chi connectivity index (χ1) is 5.54. The summed E-state index contributed by atoms with van der Waals surface area (Å²) in [6.07, 6.45) is -0.167. The number of benzene rings is 1. The molecule has 0 unspecified atom stereocenters. The molecule has 1 rings (SSSR count). The van der Waals surface area contributed by atoms with Gasteiger partial charge in [-0.05, 0) is 26.0 Å². The molecule has 0 spiro atoms. The Kier molecular flexibility index (Phi) is 4.88. The molecule has 0 saturated heterocycles. The van der Waals surface area contributed by atoms with E-state index < -0.39 is 0 Å². The van der Waals surface area contributed by atoms with Gasteiger partial charge in [-0.15, -0.1) is 0 Å². The third-order valence-electron chi connectivity index (χ3n) is 0.996. The minimum atomic E-state index is -0.167. The van der Waals surface area contributed by atoms with Crippen LogP contribution in [-0.4, -0.2) is 11.2 Å². The fourth-order valence-corrected chi connectivity index (χ4v) is 0.511. The molecule has 1 aromatic rings. The van der Waals surface area contributed by atoms with E-state index in [4.69, 9.17) is 16.6 Å². The van der Waals surface area contributed by atoms with Crippen LogP contribution in [0.15, 0.2) is 24.3 Å². The first kappa shape index (κ1) is 10.8. The first-order valence-corrected chi connectivity index (χ1v) is 3.82. The fourth-order valence-electron chi connectivity index (χ4n) is 0.511. The molecule has 0 radical (unpaired) electrons. The van der Waals surface area contributed by atoms with Crippen molar-refractivity contribution < 1.29 is 5.11 Å². The molecule has 0 aliphatic carbocycles. The molecule has 0 bridgehead atoms. The number of hydrogen-bond acceptors (Lipinski definition) is 3.